The standard InChI is InChI=1S/C8H7ClIN/c9-8-3-1-2-6-4-11(10)5-7(6)8/h1-3H,4-5H2. The van der Waals surface area contributed by atoms with Crippen molar-refractivity contribution >= 4 is 34.5 Å². The number of rotatable bonds is 0. The second-order valence-corrected chi connectivity index (χ2v) is 4.43. The Morgan fingerprint density at radius 2 is 2.18 bits per heavy atom. The van der Waals surface area contributed by atoms with Crippen LogP contribution in [0.5, 0.6) is 0 Å². The Labute approximate surface area is 84.8 Å². The summed E-state index contributed by atoms with van der Waals surface area (Å²) in [6.45, 7) is 2.01. The van der Waals surface area contributed by atoms with E-state index in [9.17, 15) is 0 Å². The number of nitrogens with zero attached hydrogens (tertiary/aromatic N) is 1. The van der Waals surface area contributed by atoms with Crippen molar-refractivity contribution in [2.24, 2.45) is 0 Å². The van der Waals surface area contributed by atoms with Crippen molar-refractivity contribution in [3.8, 4) is 0 Å². The van der Waals surface area contributed by atoms with E-state index < -0.39 is 0 Å². The second-order valence-electron chi connectivity index (χ2n) is 2.66. The zero-order valence-corrected chi connectivity index (χ0v) is 8.76. The van der Waals surface area contributed by atoms with Gasteiger partial charge in [-0.3, -0.25) is 0 Å². The molecule has 1 aliphatic rings. The smallest absolute Gasteiger partial charge is 0.0454 e. The van der Waals surface area contributed by atoms with Crippen molar-refractivity contribution in [2.75, 3.05) is 0 Å². The molecule has 0 N–H and O–H groups in total. The maximum atomic E-state index is 6.00. The minimum atomic E-state index is 0.904. The quantitative estimate of drug-likeness (QED) is 0.521. The average Bonchev–Trinajstić information content (AvgIpc) is 2.31. The Kier molecular flexibility index (Phi) is 2.08. The van der Waals surface area contributed by atoms with Crippen molar-refractivity contribution in [1.29, 1.82) is 0 Å². The normalized spacial score (nSPS) is 16.9. The minimum Gasteiger partial charge on any atom is -0.239 e. The first-order chi connectivity index (χ1) is 5.27. The highest BCUT2D eigenvalue weighted by Gasteiger charge is 2.18. The van der Waals surface area contributed by atoms with Crippen LogP contribution in [0.3, 0.4) is 0 Å². The van der Waals surface area contributed by atoms with Crippen LogP contribution >= 0.6 is 34.5 Å². The summed E-state index contributed by atoms with van der Waals surface area (Å²) in [5, 5.41) is 0.904. The van der Waals surface area contributed by atoms with Gasteiger partial charge in [0.1, 0.15) is 0 Å². The fourth-order valence-electron chi connectivity index (χ4n) is 1.34. The summed E-state index contributed by atoms with van der Waals surface area (Å²) in [6, 6.07) is 6.10. The Balaban J connectivity index is 2.49. The lowest BCUT2D eigenvalue weighted by atomic mass is 10.1. The molecule has 1 heterocycles. The van der Waals surface area contributed by atoms with E-state index in [1.807, 2.05) is 12.1 Å². The molecule has 0 aliphatic carbocycles. The molecule has 1 aromatic carbocycles. The molecule has 0 amide bonds. The highest BCUT2D eigenvalue weighted by molar-refractivity contribution is 14.1. The minimum absolute atomic E-state index is 0.904. The second kappa shape index (κ2) is 2.92. The van der Waals surface area contributed by atoms with Crippen LogP contribution < -0.4 is 0 Å². The van der Waals surface area contributed by atoms with Crippen molar-refractivity contribution in [1.82, 2.24) is 3.11 Å². The lowest BCUT2D eigenvalue weighted by molar-refractivity contribution is 0.554. The van der Waals surface area contributed by atoms with Gasteiger partial charge in [0.15, 0.2) is 0 Å². The maximum Gasteiger partial charge on any atom is 0.0454 e. The molecule has 2 rings (SSSR count). The molecule has 11 heavy (non-hydrogen) atoms. The molecule has 0 spiro atoms. The summed E-state index contributed by atoms with van der Waals surface area (Å²) in [7, 11) is 0. The van der Waals surface area contributed by atoms with E-state index in [2.05, 4.69) is 32.0 Å². The van der Waals surface area contributed by atoms with Gasteiger partial charge >= 0.3 is 0 Å². The number of fused-ring (bicyclic) bond motifs is 1. The van der Waals surface area contributed by atoms with E-state index in [1.165, 1.54) is 11.1 Å². The topological polar surface area (TPSA) is 3.24 Å². The van der Waals surface area contributed by atoms with Crippen LogP contribution in [-0.4, -0.2) is 3.11 Å². The maximum absolute atomic E-state index is 6.00. The third-order valence-corrected chi connectivity index (χ3v) is 2.92. The van der Waals surface area contributed by atoms with Gasteiger partial charge in [-0.2, -0.15) is 0 Å². The first kappa shape index (κ1) is 7.83. The Hall–Kier alpha value is 0.200. The van der Waals surface area contributed by atoms with E-state index in [0.717, 1.165) is 18.1 Å². The monoisotopic (exact) mass is 279 g/mol. The summed E-state index contributed by atoms with van der Waals surface area (Å²) < 4.78 is 2.23. The van der Waals surface area contributed by atoms with Gasteiger partial charge in [0.25, 0.3) is 0 Å². The molecule has 0 saturated carbocycles. The molecule has 1 nitrogen and oxygen atoms in total. The summed E-state index contributed by atoms with van der Waals surface area (Å²) >= 11 is 8.32. The lowest BCUT2D eigenvalue weighted by Crippen LogP contribution is -1.97. The summed E-state index contributed by atoms with van der Waals surface area (Å²) in [5.74, 6) is 0. The van der Waals surface area contributed by atoms with E-state index >= 15 is 0 Å². The summed E-state index contributed by atoms with van der Waals surface area (Å²) in [6.07, 6.45) is 0. The number of halogens is 2. The van der Waals surface area contributed by atoms with E-state index in [-0.39, 0.29) is 0 Å². The van der Waals surface area contributed by atoms with Gasteiger partial charge in [0, 0.05) is 41.0 Å². The molecular formula is C8H7ClIN. The van der Waals surface area contributed by atoms with E-state index in [4.69, 9.17) is 11.6 Å². The van der Waals surface area contributed by atoms with E-state index in [0.29, 0.717) is 0 Å². The first-order valence-electron chi connectivity index (χ1n) is 3.44. The van der Waals surface area contributed by atoms with Crippen LogP contribution in [0, 0.1) is 0 Å². The van der Waals surface area contributed by atoms with Crippen molar-refractivity contribution < 1.29 is 0 Å². The number of hydrogen-bond acceptors (Lipinski definition) is 1. The summed E-state index contributed by atoms with van der Waals surface area (Å²) in [5.41, 5.74) is 2.66. The van der Waals surface area contributed by atoms with Gasteiger partial charge in [-0.25, -0.2) is 3.11 Å². The molecule has 3 heteroatoms. The highest BCUT2D eigenvalue weighted by Crippen LogP contribution is 2.30. The Bertz CT molecular complexity index is 287. The van der Waals surface area contributed by atoms with Gasteiger partial charge in [0.2, 0.25) is 0 Å². The van der Waals surface area contributed by atoms with Crippen LogP contribution in [-0.2, 0) is 13.1 Å². The molecule has 0 fully saturated rings. The average molecular weight is 280 g/mol. The van der Waals surface area contributed by atoms with Crippen molar-refractivity contribution in [2.45, 2.75) is 13.1 Å². The molecule has 0 unspecified atom stereocenters. The molecule has 1 aromatic rings. The molecule has 1 aliphatic heterocycles. The predicted molar refractivity (Wildman–Crippen MR) is 54.7 cm³/mol. The molecular weight excluding hydrogens is 272 g/mol. The fraction of sp³-hybridized carbons (Fsp3) is 0.250. The molecule has 0 bridgehead atoms. The van der Waals surface area contributed by atoms with Gasteiger partial charge < -0.3 is 0 Å². The van der Waals surface area contributed by atoms with Gasteiger partial charge in [0.05, 0.1) is 0 Å². The molecule has 0 atom stereocenters. The molecule has 0 radical (unpaired) electrons. The van der Waals surface area contributed by atoms with Gasteiger partial charge in [-0.1, -0.05) is 23.7 Å². The third kappa shape index (κ3) is 1.39. The predicted octanol–water partition coefficient (Wildman–Crippen LogP) is 3.01. The van der Waals surface area contributed by atoms with Crippen LogP contribution in [0.15, 0.2) is 18.2 Å². The Morgan fingerprint density at radius 1 is 1.36 bits per heavy atom. The lowest BCUT2D eigenvalue weighted by Gasteiger charge is -1.99. The first-order valence-corrected chi connectivity index (χ1v) is 4.78. The SMILES string of the molecule is Clc1cccc2c1CN(I)C2. The third-order valence-electron chi connectivity index (χ3n) is 1.89. The van der Waals surface area contributed by atoms with Crippen LogP contribution in [0.4, 0.5) is 0 Å². The van der Waals surface area contributed by atoms with Crippen LogP contribution in [0.2, 0.25) is 5.02 Å². The highest BCUT2D eigenvalue weighted by atomic mass is 127. The van der Waals surface area contributed by atoms with Gasteiger partial charge in [-0.05, 0) is 17.2 Å². The zero-order chi connectivity index (χ0) is 7.84. The number of benzene rings is 1. The van der Waals surface area contributed by atoms with Crippen LogP contribution in [0.25, 0.3) is 0 Å². The van der Waals surface area contributed by atoms with Crippen LogP contribution in [0.1, 0.15) is 11.1 Å². The summed E-state index contributed by atoms with van der Waals surface area (Å²) in [4.78, 5) is 0. The van der Waals surface area contributed by atoms with E-state index in [1.54, 1.807) is 0 Å². The molecule has 58 valence electrons. The van der Waals surface area contributed by atoms with Gasteiger partial charge in [-0.15, -0.1) is 0 Å². The zero-order valence-electron chi connectivity index (χ0n) is 5.85. The number of hydrogen-bond donors (Lipinski definition) is 0. The molecule has 0 aromatic heterocycles. The fourth-order valence-corrected chi connectivity index (χ4v) is 2.30. The van der Waals surface area contributed by atoms with Crippen molar-refractivity contribution in [3.05, 3.63) is 34.3 Å². The Morgan fingerprint density at radius 3 is 2.91 bits per heavy atom. The molecule has 0 saturated heterocycles. The largest absolute Gasteiger partial charge is 0.239 e. The van der Waals surface area contributed by atoms with Crippen molar-refractivity contribution in [3.63, 3.8) is 0 Å².